The van der Waals surface area contributed by atoms with E-state index in [1.165, 1.54) is 12.1 Å². The van der Waals surface area contributed by atoms with Crippen molar-refractivity contribution in [1.29, 1.82) is 0 Å². The summed E-state index contributed by atoms with van der Waals surface area (Å²) in [7, 11) is 0. The van der Waals surface area contributed by atoms with E-state index in [0.29, 0.717) is 11.1 Å². The zero-order valence-corrected chi connectivity index (χ0v) is 15.1. The van der Waals surface area contributed by atoms with Crippen LogP contribution in [0.5, 0.6) is 5.75 Å². The summed E-state index contributed by atoms with van der Waals surface area (Å²) in [6.07, 6.45) is 0. The number of fused-ring (bicyclic) bond motifs is 1. The lowest BCUT2D eigenvalue weighted by Crippen LogP contribution is -2.14. The zero-order chi connectivity index (χ0) is 18.1. The molecule has 0 aliphatic rings. The summed E-state index contributed by atoms with van der Waals surface area (Å²) in [6, 6.07) is 9.89. The molecule has 8 heteroatoms. The van der Waals surface area contributed by atoms with Crippen molar-refractivity contribution in [3.05, 3.63) is 57.2 Å². The summed E-state index contributed by atoms with van der Waals surface area (Å²) in [5, 5.41) is 3.55. The molecule has 4 nitrogen and oxygen atoms in total. The van der Waals surface area contributed by atoms with Crippen LogP contribution in [0.1, 0.15) is 16.1 Å². The van der Waals surface area contributed by atoms with Gasteiger partial charge in [0.1, 0.15) is 5.58 Å². The van der Waals surface area contributed by atoms with E-state index < -0.39 is 12.5 Å². The highest BCUT2D eigenvalue weighted by molar-refractivity contribution is 9.10. The number of amides is 1. The van der Waals surface area contributed by atoms with Gasteiger partial charge in [-0.1, -0.05) is 29.8 Å². The van der Waals surface area contributed by atoms with Crippen LogP contribution in [0.25, 0.3) is 11.0 Å². The molecule has 0 spiro atoms. The minimum atomic E-state index is -3.05. The first-order valence-electron chi connectivity index (χ1n) is 7.10. The van der Waals surface area contributed by atoms with Gasteiger partial charge in [0.05, 0.1) is 10.2 Å². The first-order chi connectivity index (χ1) is 11.9. The van der Waals surface area contributed by atoms with Gasteiger partial charge in [-0.2, -0.15) is 8.78 Å². The first kappa shape index (κ1) is 17.7. The molecular formula is C17H11BrClF2NO3. The number of anilines is 1. The molecule has 130 valence electrons. The third-order valence-corrected chi connectivity index (χ3v) is 4.32. The molecular weight excluding hydrogens is 420 g/mol. The largest absolute Gasteiger partial charge is 0.451 e. The number of rotatable bonds is 4. The van der Waals surface area contributed by atoms with E-state index in [1.54, 1.807) is 19.1 Å². The summed E-state index contributed by atoms with van der Waals surface area (Å²) in [5.41, 5.74) is 1.21. The number of benzene rings is 2. The third kappa shape index (κ3) is 3.62. The Bertz CT molecular complexity index is 958. The number of hydrogen-bond acceptors (Lipinski definition) is 3. The molecule has 0 aliphatic heterocycles. The second-order valence-electron chi connectivity index (χ2n) is 5.15. The number of para-hydroxylation sites is 1. The lowest BCUT2D eigenvalue weighted by molar-refractivity contribution is -0.0498. The highest BCUT2D eigenvalue weighted by Crippen LogP contribution is 2.38. The molecule has 0 unspecified atom stereocenters. The molecule has 1 amide bonds. The summed E-state index contributed by atoms with van der Waals surface area (Å²) >= 11 is 9.03. The molecule has 25 heavy (non-hydrogen) atoms. The number of ether oxygens (including phenoxy) is 1. The summed E-state index contributed by atoms with van der Waals surface area (Å²) in [5.74, 6) is -0.733. The first-order valence-corrected chi connectivity index (χ1v) is 8.27. The highest BCUT2D eigenvalue weighted by Gasteiger charge is 2.21. The van der Waals surface area contributed by atoms with Crippen molar-refractivity contribution in [2.45, 2.75) is 13.5 Å². The van der Waals surface area contributed by atoms with E-state index in [2.05, 4.69) is 26.0 Å². The Balaban J connectivity index is 1.98. The van der Waals surface area contributed by atoms with Crippen molar-refractivity contribution in [3.8, 4) is 5.75 Å². The van der Waals surface area contributed by atoms with Crippen LogP contribution < -0.4 is 10.1 Å². The molecule has 1 aromatic heterocycles. The van der Waals surface area contributed by atoms with E-state index >= 15 is 0 Å². The van der Waals surface area contributed by atoms with Crippen LogP contribution in [0.2, 0.25) is 5.02 Å². The number of furan rings is 1. The van der Waals surface area contributed by atoms with E-state index in [9.17, 15) is 13.6 Å². The number of nitrogens with one attached hydrogen (secondary N) is 1. The van der Waals surface area contributed by atoms with Gasteiger partial charge in [0.15, 0.2) is 11.5 Å². The lowest BCUT2D eigenvalue weighted by atomic mass is 10.1. The predicted molar refractivity (Wildman–Crippen MR) is 94.7 cm³/mol. The Hall–Kier alpha value is -2.12. The fourth-order valence-electron chi connectivity index (χ4n) is 2.43. The van der Waals surface area contributed by atoms with Crippen LogP contribution in [-0.2, 0) is 0 Å². The highest BCUT2D eigenvalue weighted by atomic mass is 79.9. The van der Waals surface area contributed by atoms with Crippen LogP contribution in [0.3, 0.4) is 0 Å². The average Bonchev–Trinajstić information content (AvgIpc) is 2.88. The maximum atomic E-state index is 12.6. The van der Waals surface area contributed by atoms with Gasteiger partial charge < -0.3 is 14.5 Å². The Morgan fingerprint density at radius 2 is 2.04 bits per heavy atom. The van der Waals surface area contributed by atoms with Gasteiger partial charge in [-0.05, 0) is 41.1 Å². The monoisotopic (exact) mass is 429 g/mol. The Kier molecular flexibility index (Phi) is 4.96. The van der Waals surface area contributed by atoms with E-state index in [4.69, 9.17) is 16.0 Å². The molecule has 0 bridgehead atoms. The summed E-state index contributed by atoms with van der Waals surface area (Å²) < 4.78 is 35.5. The molecule has 0 radical (unpaired) electrons. The minimum Gasteiger partial charge on any atom is -0.451 e. The minimum absolute atomic E-state index is 0.00420. The molecule has 3 rings (SSSR count). The lowest BCUT2D eigenvalue weighted by Gasteiger charge is -2.13. The average molecular weight is 431 g/mol. The molecule has 1 N–H and O–H groups in total. The second kappa shape index (κ2) is 7.01. The molecule has 0 aliphatic carbocycles. The smallest absolute Gasteiger partial charge is 0.387 e. The molecule has 0 atom stereocenters. The number of carbonyl (C=O) groups excluding carboxylic acids is 1. The Morgan fingerprint density at radius 1 is 1.32 bits per heavy atom. The van der Waals surface area contributed by atoms with Gasteiger partial charge in [-0.25, -0.2) is 0 Å². The van der Waals surface area contributed by atoms with Crippen molar-refractivity contribution < 1.29 is 22.7 Å². The molecule has 0 saturated carbocycles. The van der Waals surface area contributed by atoms with Gasteiger partial charge >= 0.3 is 6.61 Å². The fourth-order valence-corrected chi connectivity index (χ4v) is 3.34. The third-order valence-electron chi connectivity index (χ3n) is 3.51. The van der Waals surface area contributed by atoms with E-state index in [1.807, 2.05) is 12.1 Å². The van der Waals surface area contributed by atoms with Crippen LogP contribution in [0.15, 0.2) is 45.3 Å². The SMILES string of the molecule is Cc1c(C(=O)Nc2cc(Cl)cc(Br)c2OC(F)F)oc2ccccc12. The van der Waals surface area contributed by atoms with Crippen molar-refractivity contribution in [2.75, 3.05) is 5.32 Å². The quantitative estimate of drug-likeness (QED) is 0.551. The van der Waals surface area contributed by atoms with Crippen LogP contribution in [0.4, 0.5) is 14.5 Å². The van der Waals surface area contributed by atoms with Crippen LogP contribution in [0, 0.1) is 6.92 Å². The zero-order valence-electron chi connectivity index (χ0n) is 12.8. The summed E-state index contributed by atoms with van der Waals surface area (Å²) in [6.45, 7) is -1.31. The predicted octanol–water partition coefficient (Wildman–Crippen LogP) is 6.01. The number of carbonyl (C=O) groups is 1. The van der Waals surface area contributed by atoms with Gasteiger partial charge in [0, 0.05) is 16.0 Å². The molecule has 0 saturated heterocycles. The maximum absolute atomic E-state index is 12.6. The van der Waals surface area contributed by atoms with E-state index in [0.717, 1.165) is 5.39 Å². The van der Waals surface area contributed by atoms with Crippen molar-refractivity contribution in [1.82, 2.24) is 0 Å². The normalized spacial score (nSPS) is 11.1. The van der Waals surface area contributed by atoms with Crippen LogP contribution in [-0.4, -0.2) is 12.5 Å². The van der Waals surface area contributed by atoms with Crippen molar-refractivity contribution >= 4 is 50.1 Å². The maximum Gasteiger partial charge on any atom is 0.387 e. The van der Waals surface area contributed by atoms with Gasteiger partial charge in [-0.15, -0.1) is 0 Å². The molecule has 2 aromatic carbocycles. The topological polar surface area (TPSA) is 51.5 Å². The fraction of sp³-hybridized carbons (Fsp3) is 0.118. The molecule has 1 heterocycles. The Morgan fingerprint density at radius 3 is 2.72 bits per heavy atom. The second-order valence-corrected chi connectivity index (χ2v) is 6.44. The summed E-state index contributed by atoms with van der Waals surface area (Å²) in [4.78, 5) is 12.6. The Labute approximate surface area is 154 Å². The number of halogens is 4. The van der Waals surface area contributed by atoms with E-state index in [-0.39, 0.29) is 26.7 Å². The van der Waals surface area contributed by atoms with Crippen molar-refractivity contribution in [3.63, 3.8) is 0 Å². The molecule has 3 aromatic rings. The van der Waals surface area contributed by atoms with Crippen molar-refractivity contribution in [2.24, 2.45) is 0 Å². The number of alkyl halides is 2. The van der Waals surface area contributed by atoms with Gasteiger partial charge in [0.2, 0.25) is 0 Å². The number of hydrogen-bond donors (Lipinski definition) is 1. The molecule has 0 fully saturated rings. The number of aryl methyl sites for hydroxylation is 1. The van der Waals surface area contributed by atoms with Gasteiger partial charge in [0.25, 0.3) is 5.91 Å². The van der Waals surface area contributed by atoms with Crippen LogP contribution >= 0.6 is 27.5 Å². The standard InChI is InChI=1S/C17H11BrClF2NO3/c1-8-10-4-2-3-5-13(10)24-14(8)16(23)22-12-7-9(19)6-11(18)15(12)25-17(20)21/h2-7,17H,1H3,(H,22,23). The van der Waals surface area contributed by atoms with Gasteiger partial charge in [-0.3, -0.25) is 4.79 Å².